The van der Waals surface area contributed by atoms with Crippen molar-refractivity contribution in [3.05, 3.63) is 34.0 Å². The van der Waals surface area contributed by atoms with Crippen molar-refractivity contribution >= 4 is 33.3 Å². The number of nitrogens with zero attached hydrogens (tertiary/aromatic N) is 3. The number of rotatable bonds is 5. The average molecular weight is 305 g/mol. The van der Waals surface area contributed by atoms with E-state index in [1.807, 2.05) is 6.07 Å². The lowest BCUT2D eigenvalue weighted by Gasteiger charge is -2.10. The van der Waals surface area contributed by atoms with Gasteiger partial charge in [-0.1, -0.05) is 24.8 Å². The normalized spacial score (nSPS) is 12.2. The van der Waals surface area contributed by atoms with Gasteiger partial charge in [-0.25, -0.2) is 4.98 Å². The Balaban J connectivity index is 2.65. The van der Waals surface area contributed by atoms with Gasteiger partial charge >= 0.3 is 0 Å². The molecule has 0 saturated heterocycles. The summed E-state index contributed by atoms with van der Waals surface area (Å²) in [5.74, 6) is 0. The largest absolute Gasteiger partial charge is 0.283 e. The number of nitriles is 1. The lowest BCUT2D eigenvalue weighted by Crippen LogP contribution is -2.22. The van der Waals surface area contributed by atoms with E-state index >= 15 is 0 Å². The summed E-state index contributed by atoms with van der Waals surface area (Å²) in [6.45, 7) is 7.93. The Bertz CT molecular complexity index is 739. The molecule has 2 aromatic rings. The molecule has 0 saturated carbocycles. The summed E-state index contributed by atoms with van der Waals surface area (Å²) >= 11 is 2.85. The fourth-order valence-electron chi connectivity index (χ4n) is 1.79. The molecule has 0 aliphatic carbocycles. The zero-order valence-electron chi connectivity index (χ0n) is 11.4. The van der Waals surface area contributed by atoms with Gasteiger partial charge in [0, 0.05) is 11.4 Å². The third kappa shape index (κ3) is 2.79. The summed E-state index contributed by atoms with van der Waals surface area (Å²) in [5.41, 5.74) is -0.0570. The van der Waals surface area contributed by atoms with E-state index < -0.39 is 0 Å². The van der Waals surface area contributed by atoms with E-state index in [9.17, 15) is 4.79 Å². The number of thiophene rings is 1. The minimum atomic E-state index is -0.249. The molecule has 0 radical (unpaired) electrons. The van der Waals surface area contributed by atoms with Gasteiger partial charge in [-0.3, -0.25) is 9.36 Å². The molecule has 0 unspecified atom stereocenters. The van der Waals surface area contributed by atoms with Crippen molar-refractivity contribution in [2.75, 3.05) is 0 Å². The quantitative estimate of drug-likeness (QED) is 0.483. The predicted octanol–water partition coefficient (Wildman–Crippen LogP) is 3.21. The summed E-state index contributed by atoms with van der Waals surface area (Å²) in [6.07, 6.45) is 2.56. The van der Waals surface area contributed by atoms with Crippen molar-refractivity contribution in [3.8, 4) is 6.07 Å². The highest BCUT2D eigenvalue weighted by Gasteiger charge is 2.15. The maximum absolute atomic E-state index is 12.5. The van der Waals surface area contributed by atoms with Gasteiger partial charge < -0.3 is 0 Å². The minimum Gasteiger partial charge on any atom is -0.283 e. The first kappa shape index (κ1) is 14.8. The molecule has 4 nitrogen and oxygen atoms in total. The van der Waals surface area contributed by atoms with E-state index in [4.69, 9.17) is 5.26 Å². The molecule has 0 N–H and O–H groups in total. The van der Waals surface area contributed by atoms with E-state index in [0.717, 1.165) is 16.1 Å². The Labute approximate surface area is 125 Å². The van der Waals surface area contributed by atoms with Gasteiger partial charge in [0.2, 0.25) is 0 Å². The first-order chi connectivity index (χ1) is 9.60. The van der Waals surface area contributed by atoms with E-state index in [-0.39, 0.29) is 10.8 Å². The Morgan fingerprint density at radius 1 is 1.70 bits per heavy atom. The Morgan fingerprint density at radius 3 is 3.05 bits per heavy atom. The van der Waals surface area contributed by atoms with Gasteiger partial charge in [-0.15, -0.1) is 17.9 Å². The topological polar surface area (TPSA) is 58.7 Å². The van der Waals surface area contributed by atoms with Crippen LogP contribution in [0.5, 0.6) is 0 Å². The smallest absolute Gasteiger partial charge is 0.263 e. The molecule has 0 aromatic carbocycles. The molecule has 2 aromatic heterocycles. The molecule has 6 heteroatoms. The minimum absolute atomic E-state index is 0.0570. The van der Waals surface area contributed by atoms with Crippen molar-refractivity contribution < 1.29 is 0 Å². The summed E-state index contributed by atoms with van der Waals surface area (Å²) in [7, 11) is 0. The Morgan fingerprint density at radius 2 is 2.45 bits per heavy atom. The van der Waals surface area contributed by atoms with Crippen LogP contribution in [0.3, 0.4) is 0 Å². The molecule has 0 bridgehead atoms. The van der Waals surface area contributed by atoms with Gasteiger partial charge in [0.05, 0.1) is 16.7 Å². The van der Waals surface area contributed by atoms with E-state index in [0.29, 0.717) is 17.1 Å². The maximum Gasteiger partial charge on any atom is 0.263 e. The lowest BCUT2D eigenvalue weighted by molar-refractivity contribution is 0.672. The van der Waals surface area contributed by atoms with Crippen LogP contribution in [0, 0.1) is 11.3 Å². The second-order valence-electron chi connectivity index (χ2n) is 4.27. The molecular formula is C14H15N3OS2. The Kier molecular flexibility index (Phi) is 4.63. The van der Waals surface area contributed by atoms with Crippen molar-refractivity contribution in [1.82, 2.24) is 9.55 Å². The zero-order chi connectivity index (χ0) is 14.7. The molecule has 0 aliphatic heterocycles. The molecule has 0 aliphatic rings. The number of hydrogen-bond acceptors (Lipinski definition) is 5. The molecule has 20 heavy (non-hydrogen) atoms. The van der Waals surface area contributed by atoms with Crippen LogP contribution in [-0.4, -0.2) is 14.8 Å². The van der Waals surface area contributed by atoms with Gasteiger partial charge in [0.1, 0.15) is 4.83 Å². The van der Waals surface area contributed by atoms with Crippen molar-refractivity contribution in [3.63, 3.8) is 0 Å². The van der Waals surface area contributed by atoms with Crippen molar-refractivity contribution in [2.24, 2.45) is 0 Å². The van der Waals surface area contributed by atoms with E-state index in [1.54, 1.807) is 28.9 Å². The Hall–Kier alpha value is -1.58. The number of aromatic nitrogens is 2. The summed E-state index contributed by atoms with van der Waals surface area (Å²) in [4.78, 5) is 19.0. The summed E-state index contributed by atoms with van der Waals surface area (Å²) in [5, 5.41) is 9.93. The second kappa shape index (κ2) is 6.25. The van der Waals surface area contributed by atoms with Crippen molar-refractivity contribution in [2.45, 2.75) is 37.2 Å². The van der Waals surface area contributed by atoms with Crippen LogP contribution in [0.1, 0.15) is 18.7 Å². The fraction of sp³-hybridized carbons (Fsp3) is 0.357. The van der Waals surface area contributed by atoms with Gasteiger partial charge in [-0.05, 0) is 19.4 Å². The summed E-state index contributed by atoms with van der Waals surface area (Å²) in [6, 6.07) is 4.07. The third-order valence-corrected chi connectivity index (χ3v) is 4.95. The van der Waals surface area contributed by atoms with Crippen LogP contribution in [-0.2, 0) is 13.0 Å². The highest BCUT2D eigenvalue weighted by atomic mass is 32.2. The number of fused-ring (bicyclic) bond motifs is 1. The van der Waals surface area contributed by atoms with Crippen molar-refractivity contribution in [1.29, 1.82) is 5.26 Å². The molecular weight excluding hydrogens is 290 g/mol. The van der Waals surface area contributed by atoms with E-state index in [2.05, 4.69) is 24.6 Å². The van der Waals surface area contributed by atoms with Crippen LogP contribution in [0.4, 0.5) is 0 Å². The zero-order valence-corrected chi connectivity index (χ0v) is 13.1. The molecule has 2 rings (SSSR count). The van der Waals surface area contributed by atoms with Crippen LogP contribution in [0.2, 0.25) is 0 Å². The SMILES string of the molecule is C=CCn1c(S[C@@H](C)C#N)nc2sc(CC)cc2c1=O. The maximum atomic E-state index is 12.5. The molecule has 0 amide bonds. The second-order valence-corrected chi connectivity index (χ2v) is 6.70. The molecule has 0 spiro atoms. The number of aryl methyl sites for hydroxylation is 1. The molecule has 0 fully saturated rings. The number of hydrogen-bond donors (Lipinski definition) is 0. The highest BCUT2D eigenvalue weighted by molar-refractivity contribution is 8.00. The highest BCUT2D eigenvalue weighted by Crippen LogP contribution is 2.26. The summed E-state index contributed by atoms with van der Waals surface area (Å²) < 4.78 is 1.58. The molecule has 2 heterocycles. The first-order valence-corrected chi connectivity index (χ1v) is 8.00. The monoisotopic (exact) mass is 305 g/mol. The van der Waals surface area contributed by atoms with Gasteiger partial charge in [0.25, 0.3) is 5.56 Å². The lowest BCUT2D eigenvalue weighted by atomic mass is 10.3. The van der Waals surface area contributed by atoms with Gasteiger partial charge in [-0.2, -0.15) is 5.26 Å². The third-order valence-electron chi connectivity index (χ3n) is 2.79. The van der Waals surface area contributed by atoms with E-state index in [1.165, 1.54) is 11.8 Å². The predicted molar refractivity (Wildman–Crippen MR) is 84.4 cm³/mol. The van der Waals surface area contributed by atoms with Crippen LogP contribution < -0.4 is 5.56 Å². The number of thioether (sulfide) groups is 1. The fourth-order valence-corrected chi connectivity index (χ4v) is 3.60. The van der Waals surface area contributed by atoms with Crippen LogP contribution >= 0.6 is 23.1 Å². The van der Waals surface area contributed by atoms with Gasteiger partial charge in [0.15, 0.2) is 5.16 Å². The first-order valence-electron chi connectivity index (χ1n) is 6.31. The molecule has 104 valence electrons. The van der Waals surface area contributed by atoms with Crippen LogP contribution in [0.25, 0.3) is 10.2 Å². The average Bonchev–Trinajstić information content (AvgIpc) is 2.86. The standard InChI is InChI=1S/C14H15N3OS2/c1-4-6-17-13(18)11-7-10(5-2)20-12(11)16-14(17)19-9(3)8-15/h4,7,9H,1,5-6H2,2-3H3/t9-/m0/s1. The molecule has 1 atom stereocenters. The van der Waals surface area contributed by atoms with Crippen LogP contribution in [0.15, 0.2) is 28.7 Å². The number of allylic oxidation sites excluding steroid dienone is 1.